The van der Waals surface area contributed by atoms with E-state index in [1.54, 1.807) is 0 Å². The van der Waals surface area contributed by atoms with Crippen LogP contribution in [0.4, 0.5) is 0 Å². The summed E-state index contributed by atoms with van der Waals surface area (Å²) in [6, 6.07) is 0. The van der Waals surface area contributed by atoms with Gasteiger partial charge in [-0.25, -0.2) is 4.79 Å². The van der Waals surface area contributed by atoms with Gasteiger partial charge in [-0.1, -0.05) is 12.8 Å². The van der Waals surface area contributed by atoms with Gasteiger partial charge in [-0.05, 0) is 25.8 Å². The van der Waals surface area contributed by atoms with E-state index in [0.717, 1.165) is 25.8 Å². The molecule has 104 valence electrons. The Bertz CT molecular complexity index is 310. The van der Waals surface area contributed by atoms with Crippen molar-refractivity contribution in [1.82, 2.24) is 10.6 Å². The van der Waals surface area contributed by atoms with Gasteiger partial charge in [-0.2, -0.15) is 0 Å². The van der Waals surface area contributed by atoms with Crippen LogP contribution in [0.5, 0.6) is 0 Å². The van der Waals surface area contributed by atoms with Crippen molar-refractivity contribution in [2.45, 2.75) is 37.6 Å². The standard InChI is InChI=1S/C12H20N2O3.ClH/c1-17-11(16)12(5-2-3-6-12)14-10(15)9-4-7-13-8-9;/h9,13H,2-8H2,1H3,(H,14,15);1H. The zero-order valence-electron chi connectivity index (χ0n) is 10.7. The molecule has 0 radical (unpaired) electrons. The number of rotatable bonds is 3. The fraction of sp³-hybridized carbons (Fsp3) is 0.833. The highest BCUT2D eigenvalue weighted by Crippen LogP contribution is 2.31. The molecule has 1 aliphatic heterocycles. The van der Waals surface area contributed by atoms with Crippen LogP contribution < -0.4 is 10.6 Å². The topological polar surface area (TPSA) is 67.4 Å². The van der Waals surface area contributed by atoms with E-state index in [4.69, 9.17) is 4.74 Å². The lowest BCUT2D eigenvalue weighted by Gasteiger charge is -2.28. The van der Waals surface area contributed by atoms with Crippen LogP contribution >= 0.6 is 12.4 Å². The monoisotopic (exact) mass is 276 g/mol. The van der Waals surface area contributed by atoms with Crippen molar-refractivity contribution in [3.8, 4) is 0 Å². The molecule has 5 nitrogen and oxygen atoms in total. The van der Waals surface area contributed by atoms with Crippen LogP contribution in [0.25, 0.3) is 0 Å². The predicted octanol–water partition coefficient (Wildman–Crippen LogP) is 0.620. The number of methoxy groups -OCH3 is 1. The van der Waals surface area contributed by atoms with Crippen molar-refractivity contribution >= 4 is 24.3 Å². The van der Waals surface area contributed by atoms with E-state index >= 15 is 0 Å². The summed E-state index contributed by atoms with van der Waals surface area (Å²) in [5.41, 5.74) is -0.756. The molecular formula is C12H21ClN2O3. The second-order valence-electron chi connectivity index (χ2n) is 4.96. The maximum atomic E-state index is 12.1. The number of carbonyl (C=O) groups is 2. The van der Waals surface area contributed by atoms with E-state index in [9.17, 15) is 9.59 Å². The van der Waals surface area contributed by atoms with Gasteiger partial charge in [0.25, 0.3) is 0 Å². The highest BCUT2D eigenvalue weighted by atomic mass is 35.5. The molecular weight excluding hydrogens is 256 g/mol. The van der Waals surface area contributed by atoms with Crippen LogP contribution in [0.3, 0.4) is 0 Å². The van der Waals surface area contributed by atoms with Crippen LogP contribution in [0.15, 0.2) is 0 Å². The Labute approximate surface area is 113 Å². The van der Waals surface area contributed by atoms with Gasteiger partial charge in [0.1, 0.15) is 5.54 Å². The zero-order valence-corrected chi connectivity index (χ0v) is 11.5. The maximum Gasteiger partial charge on any atom is 0.331 e. The molecule has 0 aromatic rings. The molecule has 1 unspecified atom stereocenters. The van der Waals surface area contributed by atoms with Crippen LogP contribution in [0.1, 0.15) is 32.1 Å². The Balaban J connectivity index is 0.00000162. The molecule has 2 N–H and O–H groups in total. The van der Waals surface area contributed by atoms with Crippen LogP contribution in [-0.4, -0.2) is 37.6 Å². The molecule has 18 heavy (non-hydrogen) atoms. The number of amides is 1. The van der Waals surface area contributed by atoms with Crippen molar-refractivity contribution in [2.75, 3.05) is 20.2 Å². The first-order valence-electron chi connectivity index (χ1n) is 6.29. The molecule has 1 aliphatic carbocycles. The lowest BCUT2D eigenvalue weighted by molar-refractivity contribution is -0.151. The molecule has 1 heterocycles. The van der Waals surface area contributed by atoms with Crippen LogP contribution in [-0.2, 0) is 14.3 Å². The Kier molecular flexibility index (Phi) is 5.41. The van der Waals surface area contributed by atoms with E-state index in [-0.39, 0.29) is 30.2 Å². The third kappa shape index (κ3) is 2.95. The van der Waals surface area contributed by atoms with Crippen molar-refractivity contribution in [3.05, 3.63) is 0 Å². The van der Waals surface area contributed by atoms with Gasteiger partial charge in [-0.15, -0.1) is 12.4 Å². The second kappa shape index (κ2) is 6.38. The summed E-state index contributed by atoms with van der Waals surface area (Å²) in [6.07, 6.45) is 4.19. The maximum absolute atomic E-state index is 12.1. The molecule has 1 amide bonds. The van der Waals surface area contributed by atoms with Gasteiger partial charge >= 0.3 is 5.97 Å². The first-order chi connectivity index (χ1) is 8.18. The molecule has 1 saturated heterocycles. The molecule has 0 aromatic carbocycles. The van der Waals surface area contributed by atoms with Gasteiger partial charge in [-0.3, -0.25) is 4.79 Å². The van der Waals surface area contributed by atoms with E-state index in [0.29, 0.717) is 19.4 Å². The first kappa shape index (κ1) is 15.2. The van der Waals surface area contributed by atoms with Crippen molar-refractivity contribution < 1.29 is 14.3 Å². The van der Waals surface area contributed by atoms with Gasteiger partial charge in [0.05, 0.1) is 13.0 Å². The van der Waals surface area contributed by atoms with Crippen molar-refractivity contribution in [2.24, 2.45) is 5.92 Å². The third-order valence-electron chi connectivity index (χ3n) is 3.83. The fourth-order valence-corrected chi connectivity index (χ4v) is 2.77. The van der Waals surface area contributed by atoms with E-state index in [1.807, 2.05) is 0 Å². The average Bonchev–Trinajstić information content (AvgIpc) is 2.99. The summed E-state index contributed by atoms with van der Waals surface area (Å²) in [5, 5.41) is 6.09. The molecule has 0 bridgehead atoms. The number of carbonyl (C=O) groups excluding carboxylic acids is 2. The minimum Gasteiger partial charge on any atom is -0.467 e. The van der Waals surface area contributed by atoms with Crippen LogP contribution in [0.2, 0.25) is 0 Å². The molecule has 1 saturated carbocycles. The quantitative estimate of drug-likeness (QED) is 0.742. The summed E-state index contributed by atoms with van der Waals surface area (Å²) in [6.45, 7) is 1.59. The van der Waals surface area contributed by atoms with E-state index < -0.39 is 5.54 Å². The van der Waals surface area contributed by atoms with Crippen molar-refractivity contribution in [1.29, 1.82) is 0 Å². The number of nitrogens with one attached hydrogen (secondary N) is 2. The molecule has 6 heteroatoms. The number of hydrogen-bond acceptors (Lipinski definition) is 4. The molecule has 0 spiro atoms. The Hall–Kier alpha value is -0.810. The highest BCUT2D eigenvalue weighted by Gasteiger charge is 2.44. The average molecular weight is 277 g/mol. The van der Waals surface area contributed by atoms with Gasteiger partial charge in [0.2, 0.25) is 5.91 Å². The summed E-state index contributed by atoms with van der Waals surface area (Å²) in [5.74, 6) is -0.311. The summed E-state index contributed by atoms with van der Waals surface area (Å²) < 4.78 is 4.83. The first-order valence-corrected chi connectivity index (χ1v) is 6.29. The second-order valence-corrected chi connectivity index (χ2v) is 4.96. The number of esters is 1. The molecule has 2 fully saturated rings. The van der Waals surface area contributed by atoms with E-state index in [2.05, 4.69) is 10.6 Å². The van der Waals surface area contributed by atoms with Gasteiger partial charge in [0, 0.05) is 6.54 Å². The van der Waals surface area contributed by atoms with Gasteiger partial charge < -0.3 is 15.4 Å². The number of halogens is 1. The Morgan fingerprint density at radius 1 is 1.33 bits per heavy atom. The Morgan fingerprint density at radius 3 is 2.50 bits per heavy atom. The third-order valence-corrected chi connectivity index (χ3v) is 3.83. The molecule has 0 aromatic heterocycles. The fourth-order valence-electron chi connectivity index (χ4n) is 2.77. The number of hydrogen-bond donors (Lipinski definition) is 2. The Morgan fingerprint density at radius 2 is 2.00 bits per heavy atom. The lowest BCUT2D eigenvalue weighted by atomic mass is 9.96. The number of ether oxygens (including phenoxy) is 1. The van der Waals surface area contributed by atoms with E-state index in [1.165, 1.54) is 7.11 Å². The smallest absolute Gasteiger partial charge is 0.331 e. The summed E-state index contributed by atoms with van der Waals surface area (Å²) >= 11 is 0. The highest BCUT2D eigenvalue weighted by molar-refractivity contribution is 5.89. The SMILES string of the molecule is COC(=O)C1(NC(=O)C2CCNC2)CCCC1.Cl. The van der Waals surface area contributed by atoms with Gasteiger partial charge in [0.15, 0.2) is 0 Å². The normalized spacial score (nSPS) is 25.3. The minimum absolute atomic E-state index is 0. The zero-order chi connectivity index (χ0) is 12.3. The van der Waals surface area contributed by atoms with Crippen molar-refractivity contribution in [3.63, 3.8) is 0 Å². The lowest BCUT2D eigenvalue weighted by Crippen LogP contribution is -2.54. The van der Waals surface area contributed by atoms with Crippen LogP contribution in [0, 0.1) is 5.92 Å². The summed E-state index contributed by atoms with van der Waals surface area (Å²) in [7, 11) is 1.38. The summed E-state index contributed by atoms with van der Waals surface area (Å²) in [4.78, 5) is 23.9. The predicted molar refractivity (Wildman–Crippen MR) is 69.6 cm³/mol. The minimum atomic E-state index is -0.756. The molecule has 1 atom stereocenters. The molecule has 2 rings (SSSR count). The molecule has 2 aliphatic rings. The largest absolute Gasteiger partial charge is 0.467 e.